The van der Waals surface area contributed by atoms with Crippen molar-refractivity contribution in [3.8, 4) is 0 Å². The van der Waals surface area contributed by atoms with Gasteiger partial charge in [0.15, 0.2) is 0 Å². The molecule has 0 radical (unpaired) electrons. The quantitative estimate of drug-likeness (QED) is 0.683. The van der Waals surface area contributed by atoms with E-state index in [1.165, 1.54) is 12.1 Å². The molecular formula is C23H32ClN5O3S. The van der Waals surface area contributed by atoms with Crippen molar-refractivity contribution in [3.63, 3.8) is 0 Å². The summed E-state index contributed by atoms with van der Waals surface area (Å²) in [4.78, 5) is 26.1. The van der Waals surface area contributed by atoms with E-state index in [1.54, 1.807) is 31.7 Å². The Morgan fingerprint density at radius 3 is 2.30 bits per heavy atom. The number of hydrogen-bond donors (Lipinski definition) is 1. The fourth-order valence-electron chi connectivity index (χ4n) is 3.62. The van der Waals surface area contributed by atoms with Crippen molar-refractivity contribution in [2.75, 3.05) is 31.1 Å². The molecule has 180 valence electrons. The van der Waals surface area contributed by atoms with Crippen LogP contribution in [0.15, 0.2) is 29.2 Å². The fraction of sp³-hybridized carbons (Fsp3) is 0.522. The lowest BCUT2D eigenvalue weighted by Crippen LogP contribution is -2.49. The number of anilines is 1. The first-order chi connectivity index (χ1) is 15.3. The highest BCUT2D eigenvalue weighted by Crippen LogP contribution is 2.25. The molecule has 3 rings (SSSR count). The molecule has 1 aliphatic heterocycles. The maximum absolute atomic E-state index is 13.1. The van der Waals surface area contributed by atoms with Crippen molar-refractivity contribution in [2.45, 2.75) is 57.9 Å². The first kappa shape index (κ1) is 25.4. The summed E-state index contributed by atoms with van der Waals surface area (Å²) in [5.41, 5.74) is 0.538. The van der Waals surface area contributed by atoms with Gasteiger partial charge < -0.3 is 9.80 Å². The van der Waals surface area contributed by atoms with Gasteiger partial charge in [0, 0.05) is 55.0 Å². The SMILES string of the molecule is Cc1cc(N2CCN(C(=O)c3ccc(Cl)c(S(=O)(=O)NC(C)(C)C)c3)CC2)nc(C(C)C)n1. The monoisotopic (exact) mass is 493 g/mol. The van der Waals surface area contributed by atoms with E-state index in [0.717, 1.165) is 17.3 Å². The van der Waals surface area contributed by atoms with Gasteiger partial charge in [-0.2, -0.15) is 0 Å². The molecule has 0 atom stereocenters. The standard InChI is InChI=1S/C23H32ClN5O3S/c1-15(2)21-25-16(3)13-20(26-21)28-9-11-29(12-10-28)22(30)17-7-8-18(24)19(14-17)33(31,32)27-23(4,5)6/h7-8,13-15,27H,9-12H2,1-6H3. The summed E-state index contributed by atoms with van der Waals surface area (Å²) in [6, 6.07) is 6.34. The third kappa shape index (κ3) is 6.22. The van der Waals surface area contributed by atoms with E-state index in [1.807, 2.05) is 13.0 Å². The van der Waals surface area contributed by atoms with Crippen LogP contribution in [-0.2, 0) is 10.0 Å². The average molecular weight is 494 g/mol. The maximum atomic E-state index is 13.1. The number of benzene rings is 1. The maximum Gasteiger partial charge on any atom is 0.254 e. The molecule has 10 heteroatoms. The molecule has 1 fully saturated rings. The Morgan fingerprint density at radius 2 is 1.73 bits per heavy atom. The number of carbonyl (C=O) groups excluding carboxylic acids is 1. The summed E-state index contributed by atoms with van der Waals surface area (Å²) in [6.45, 7) is 13.6. The topological polar surface area (TPSA) is 95.5 Å². The van der Waals surface area contributed by atoms with Gasteiger partial charge in [0.25, 0.3) is 5.91 Å². The molecular weight excluding hydrogens is 462 g/mol. The van der Waals surface area contributed by atoms with Crippen LogP contribution in [0.1, 0.15) is 62.4 Å². The predicted molar refractivity (Wildman–Crippen MR) is 131 cm³/mol. The number of hydrogen-bond acceptors (Lipinski definition) is 6. The van der Waals surface area contributed by atoms with E-state index in [-0.39, 0.29) is 21.7 Å². The Morgan fingerprint density at radius 1 is 1.09 bits per heavy atom. The molecule has 33 heavy (non-hydrogen) atoms. The van der Waals surface area contributed by atoms with Crippen LogP contribution in [0.3, 0.4) is 0 Å². The number of sulfonamides is 1. The third-order valence-electron chi connectivity index (χ3n) is 5.17. The molecule has 1 aliphatic rings. The van der Waals surface area contributed by atoms with Crippen LogP contribution < -0.4 is 9.62 Å². The second-order valence-electron chi connectivity index (χ2n) is 9.66. The molecule has 1 aromatic carbocycles. The van der Waals surface area contributed by atoms with Crippen LogP contribution >= 0.6 is 11.6 Å². The highest BCUT2D eigenvalue weighted by Gasteiger charge is 2.28. The minimum atomic E-state index is -3.87. The van der Waals surface area contributed by atoms with Crippen molar-refractivity contribution in [3.05, 3.63) is 46.4 Å². The number of nitrogens with one attached hydrogen (secondary N) is 1. The van der Waals surface area contributed by atoms with Gasteiger partial charge in [-0.3, -0.25) is 4.79 Å². The zero-order valence-corrected chi connectivity index (χ0v) is 21.6. The Bertz CT molecular complexity index is 1140. The second kappa shape index (κ2) is 9.56. The van der Waals surface area contributed by atoms with Crippen LogP contribution in [0.2, 0.25) is 5.02 Å². The van der Waals surface area contributed by atoms with Gasteiger partial charge in [0.2, 0.25) is 10.0 Å². The number of piperazine rings is 1. The van der Waals surface area contributed by atoms with Gasteiger partial charge in [0.05, 0.1) is 5.02 Å². The van der Waals surface area contributed by atoms with E-state index < -0.39 is 15.6 Å². The van der Waals surface area contributed by atoms with Crippen molar-refractivity contribution in [1.82, 2.24) is 19.6 Å². The molecule has 2 heterocycles. The molecule has 1 N–H and O–H groups in total. The van der Waals surface area contributed by atoms with Crippen molar-refractivity contribution in [1.29, 1.82) is 0 Å². The van der Waals surface area contributed by atoms with Crippen LogP contribution in [0.4, 0.5) is 5.82 Å². The van der Waals surface area contributed by atoms with Crippen molar-refractivity contribution >= 4 is 33.3 Å². The first-order valence-corrected chi connectivity index (χ1v) is 12.9. The van der Waals surface area contributed by atoms with Gasteiger partial charge >= 0.3 is 0 Å². The van der Waals surface area contributed by atoms with Gasteiger partial charge in [-0.05, 0) is 45.9 Å². The minimum absolute atomic E-state index is 0.0770. The van der Waals surface area contributed by atoms with Crippen LogP contribution in [-0.4, -0.2) is 60.9 Å². The highest BCUT2D eigenvalue weighted by molar-refractivity contribution is 7.89. The minimum Gasteiger partial charge on any atom is -0.353 e. The molecule has 0 unspecified atom stereocenters. The Kier molecular flexibility index (Phi) is 7.36. The van der Waals surface area contributed by atoms with Gasteiger partial charge in [-0.15, -0.1) is 0 Å². The van der Waals surface area contributed by atoms with Crippen LogP contribution in [0, 0.1) is 6.92 Å². The largest absolute Gasteiger partial charge is 0.353 e. The van der Waals surface area contributed by atoms with Crippen LogP contribution in [0.5, 0.6) is 0 Å². The average Bonchev–Trinajstić information content (AvgIpc) is 2.71. The lowest BCUT2D eigenvalue weighted by atomic mass is 10.1. The third-order valence-corrected chi connectivity index (χ3v) is 7.41. The number of nitrogens with zero attached hydrogens (tertiary/aromatic N) is 4. The lowest BCUT2D eigenvalue weighted by molar-refractivity contribution is 0.0746. The number of amides is 1. The smallest absolute Gasteiger partial charge is 0.254 e. The van der Waals surface area contributed by atoms with E-state index in [0.29, 0.717) is 31.7 Å². The van der Waals surface area contributed by atoms with Crippen molar-refractivity contribution in [2.24, 2.45) is 0 Å². The van der Waals surface area contributed by atoms with E-state index in [2.05, 4.69) is 33.4 Å². The number of aryl methyl sites for hydroxylation is 1. The van der Waals surface area contributed by atoms with E-state index in [9.17, 15) is 13.2 Å². The molecule has 1 amide bonds. The summed E-state index contributed by atoms with van der Waals surface area (Å²) in [5.74, 6) is 1.68. The Hall–Kier alpha value is -2.23. The van der Waals surface area contributed by atoms with Crippen LogP contribution in [0.25, 0.3) is 0 Å². The first-order valence-electron chi connectivity index (χ1n) is 11.0. The van der Waals surface area contributed by atoms with E-state index in [4.69, 9.17) is 11.6 Å². The van der Waals surface area contributed by atoms with Gasteiger partial charge in [0.1, 0.15) is 16.5 Å². The number of rotatable bonds is 5. The second-order valence-corrected chi connectivity index (χ2v) is 11.7. The molecule has 0 bridgehead atoms. The Labute approximate surface area is 201 Å². The number of aromatic nitrogens is 2. The summed E-state index contributed by atoms with van der Waals surface area (Å²) < 4.78 is 28.1. The van der Waals surface area contributed by atoms with Gasteiger partial charge in [-0.25, -0.2) is 23.1 Å². The normalized spacial score (nSPS) is 15.3. The van der Waals surface area contributed by atoms with E-state index >= 15 is 0 Å². The summed E-state index contributed by atoms with van der Waals surface area (Å²) >= 11 is 6.17. The highest BCUT2D eigenvalue weighted by atomic mass is 35.5. The summed E-state index contributed by atoms with van der Waals surface area (Å²) in [6.07, 6.45) is 0. The lowest BCUT2D eigenvalue weighted by Gasteiger charge is -2.35. The number of halogens is 1. The zero-order chi connectivity index (χ0) is 24.6. The van der Waals surface area contributed by atoms with Gasteiger partial charge in [-0.1, -0.05) is 25.4 Å². The predicted octanol–water partition coefficient (Wildman–Crippen LogP) is 3.60. The zero-order valence-electron chi connectivity index (χ0n) is 20.0. The molecule has 1 saturated heterocycles. The molecule has 0 spiro atoms. The fourth-order valence-corrected chi connectivity index (χ4v) is 5.56. The molecule has 0 saturated carbocycles. The number of carbonyl (C=O) groups is 1. The molecule has 8 nitrogen and oxygen atoms in total. The summed E-state index contributed by atoms with van der Waals surface area (Å²) in [5, 5.41) is 0.0770. The molecule has 0 aliphatic carbocycles. The summed E-state index contributed by atoms with van der Waals surface area (Å²) in [7, 11) is -3.87. The Balaban J connectivity index is 1.75. The van der Waals surface area contributed by atoms with Crippen molar-refractivity contribution < 1.29 is 13.2 Å². The molecule has 1 aromatic heterocycles. The molecule has 2 aromatic rings.